The van der Waals surface area contributed by atoms with Crippen LogP contribution >= 0.6 is 11.3 Å². The molecule has 2 saturated heterocycles. The fraction of sp³-hybridized carbons (Fsp3) is 0.650. The molecule has 9 nitrogen and oxygen atoms in total. The summed E-state index contributed by atoms with van der Waals surface area (Å²) in [5, 5.41) is 23.7. The molecule has 3 heterocycles. The Morgan fingerprint density at radius 3 is 2.67 bits per heavy atom. The molecule has 3 rings (SSSR count). The van der Waals surface area contributed by atoms with Crippen molar-refractivity contribution < 1.29 is 34.1 Å². The third-order valence-electron chi connectivity index (χ3n) is 5.59. The summed E-state index contributed by atoms with van der Waals surface area (Å²) in [5.74, 6) is -3.30. The molecule has 3 N–H and O–H groups in total. The van der Waals surface area contributed by atoms with Gasteiger partial charge in [-0.3, -0.25) is 14.9 Å². The predicted octanol–water partition coefficient (Wildman–Crippen LogP) is 1.62. The van der Waals surface area contributed by atoms with Crippen molar-refractivity contribution in [1.29, 1.82) is 0 Å². The van der Waals surface area contributed by atoms with Crippen LogP contribution < -0.4 is 5.32 Å². The number of nitrogens with one attached hydrogen (secondary N) is 1. The van der Waals surface area contributed by atoms with Crippen molar-refractivity contribution in [2.24, 2.45) is 0 Å². The summed E-state index contributed by atoms with van der Waals surface area (Å²) in [6.07, 6.45) is 2.36. The number of nitrogens with zero attached hydrogens (tertiary/aromatic N) is 1. The fourth-order valence-electron chi connectivity index (χ4n) is 4.09. The van der Waals surface area contributed by atoms with Crippen LogP contribution in [0.1, 0.15) is 43.9 Å². The van der Waals surface area contributed by atoms with Crippen molar-refractivity contribution in [3.05, 3.63) is 22.4 Å². The zero-order valence-electron chi connectivity index (χ0n) is 16.9. The van der Waals surface area contributed by atoms with Gasteiger partial charge in [-0.25, -0.2) is 4.79 Å². The van der Waals surface area contributed by atoms with Gasteiger partial charge in [-0.05, 0) is 44.1 Å². The Kier molecular flexibility index (Phi) is 7.45. The van der Waals surface area contributed by atoms with Crippen LogP contribution in [0.5, 0.6) is 0 Å². The van der Waals surface area contributed by atoms with Gasteiger partial charge >= 0.3 is 11.9 Å². The van der Waals surface area contributed by atoms with Gasteiger partial charge < -0.3 is 24.6 Å². The number of amides is 1. The topological polar surface area (TPSA) is 125 Å². The third kappa shape index (κ3) is 5.00. The van der Waals surface area contributed by atoms with E-state index in [1.165, 1.54) is 16.2 Å². The van der Waals surface area contributed by atoms with Gasteiger partial charge in [-0.2, -0.15) is 0 Å². The molecular formula is C20H28N2O7S. The minimum atomic E-state index is -1.05. The molecule has 0 saturated carbocycles. The van der Waals surface area contributed by atoms with Gasteiger partial charge in [0.15, 0.2) is 0 Å². The van der Waals surface area contributed by atoms with Crippen LogP contribution in [0.15, 0.2) is 17.5 Å². The van der Waals surface area contributed by atoms with Crippen molar-refractivity contribution in [1.82, 2.24) is 10.2 Å². The second-order valence-corrected chi connectivity index (χ2v) is 8.57. The summed E-state index contributed by atoms with van der Waals surface area (Å²) in [7, 11) is 0. The first kappa shape index (κ1) is 22.7. The molecule has 0 spiro atoms. The SMILES string of the molecule is C[C@H](NC(CCCC1(c2cccs2)OCCO1)C(=O)O)C(=O)N1CCC[C@H]1C(=O)O. The normalized spacial score (nSPS) is 22.7. The maximum atomic E-state index is 12.7. The van der Waals surface area contributed by atoms with E-state index in [4.69, 9.17) is 9.47 Å². The summed E-state index contributed by atoms with van der Waals surface area (Å²) in [6, 6.07) is 1.29. The number of ether oxygens (including phenoxy) is 2. The quantitative estimate of drug-likeness (QED) is 0.501. The lowest BCUT2D eigenvalue weighted by Gasteiger charge is -2.28. The number of hydrogen-bond acceptors (Lipinski definition) is 7. The molecule has 3 atom stereocenters. The van der Waals surface area contributed by atoms with Gasteiger partial charge in [0, 0.05) is 13.0 Å². The molecule has 0 aromatic carbocycles. The number of rotatable bonds is 10. The standard InChI is InChI=1S/C20H28N2O7S/c1-13(17(23)22-9-3-6-15(22)19(26)27)21-14(18(24)25)5-2-8-20(28-10-11-29-20)16-7-4-12-30-16/h4,7,12-15,21H,2-3,5-6,8-11H2,1H3,(H,24,25)(H,26,27)/t13-,14?,15-/m0/s1. The first-order valence-electron chi connectivity index (χ1n) is 10.2. The number of aliphatic carboxylic acids is 2. The number of carbonyl (C=O) groups excluding carboxylic acids is 1. The highest BCUT2D eigenvalue weighted by atomic mass is 32.1. The molecule has 2 aliphatic rings. The van der Waals surface area contributed by atoms with Gasteiger partial charge in [0.2, 0.25) is 11.7 Å². The summed E-state index contributed by atoms with van der Waals surface area (Å²) in [6.45, 7) is 2.93. The fourth-order valence-corrected chi connectivity index (χ4v) is 4.95. The van der Waals surface area contributed by atoms with E-state index in [1.807, 2.05) is 17.5 Å². The van der Waals surface area contributed by atoms with Gasteiger partial charge in [0.25, 0.3) is 0 Å². The molecule has 1 unspecified atom stereocenters. The van der Waals surface area contributed by atoms with E-state index >= 15 is 0 Å². The van der Waals surface area contributed by atoms with Crippen molar-refractivity contribution >= 4 is 29.2 Å². The maximum absolute atomic E-state index is 12.7. The van der Waals surface area contributed by atoms with E-state index in [1.54, 1.807) is 6.92 Å². The molecule has 1 amide bonds. The van der Waals surface area contributed by atoms with Crippen molar-refractivity contribution in [3.63, 3.8) is 0 Å². The lowest BCUT2D eigenvalue weighted by Crippen LogP contribution is -2.53. The van der Waals surface area contributed by atoms with E-state index in [2.05, 4.69) is 5.32 Å². The number of carboxylic acid groups (broad SMARTS) is 2. The largest absolute Gasteiger partial charge is 0.480 e. The average Bonchev–Trinajstić information content (AvgIpc) is 3.47. The highest BCUT2D eigenvalue weighted by molar-refractivity contribution is 7.10. The Morgan fingerprint density at radius 1 is 1.33 bits per heavy atom. The summed E-state index contributed by atoms with van der Waals surface area (Å²) >= 11 is 1.54. The van der Waals surface area contributed by atoms with Crippen LogP contribution in [0, 0.1) is 0 Å². The summed E-state index contributed by atoms with van der Waals surface area (Å²) in [4.78, 5) is 38.0. The van der Waals surface area contributed by atoms with Crippen LogP contribution in [0.2, 0.25) is 0 Å². The predicted molar refractivity (Wildman–Crippen MR) is 108 cm³/mol. The van der Waals surface area contributed by atoms with Crippen molar-refractivity contribution in [3.8, 4) is 0 Å². The van der Waals surface area contributed by atoms with E-state index in [9.17, 15) is 24.6 Å². The third-order valence-corrected chi connectivity index (χ3v) is 6.58. The van der Waals surface area contributed by atoms with Gasteiger partial charge in [-0.15, -0.1) is 11.3 Å². The Bertz CT molecular complexity index is 748. The molecule has 10 heteroatoms. The molecule has 0 aliphatic carbocycles. The van der Waals surface area contributed by atoms with E-state index < -0.39 is 35.9 Å². The molecule has 1 aromatic rings. The molecule has 1 aromatic heterocycles. The second-order valence-electron chi connectivity index (χ2n) is 7.63. The molecule has 2 aliphatic heterocycles. The van der Waals surface area contributed by atoms with Crippen LogP contribution in [-0.2, 0) is 29.6 Å². The van der Waals surface area contributed by atoms with Crippen LogP contribution in [0.4, 0.5) is 0 Å². The molecular weight excluding hydrogens is 412 g/mol. The van der Waals surface area contributed by atoms with Crippen LogP contribution in [0.25, 0.3) is 0 Å². The first-order valence-corrected chi connectivity index (χ1v) is 11.1. The maximum Gasteiger partial charge on any atom is 0.326 e. The highest BCUT2D eigenvalue weighted by Crippen LogP contribution is 2.38. The summed E-state index contributed by atoms with van der Waals surface area (Å²) in [5.41, 5.74) is 0. The molecule has 30 heavy (non-hydrogen) atoms. The summed E-state index contributed by atoms with van der Waals surface area (Å²) < 4.78 is 11.7. The zero-order chi connectivity index (χ0) is 21.7. The zero-order valence-corrected chi connectivity index (χ0v) is 17.7. The number of likely N-dealkylation sites (tertiary alicyclic amines) is 1. The van der Waals surface area contributed by atoms with E-state index in [0.29, 0.717) is 45.4 Å². The molecule has 2 fully saturated rings. The van der Waals surface area contributed by atoms with Gasteiger partial charge in [0.1, 0.15) is 12.1 Å². The number of carboxylic acids is 2. The Labute approximate surface area is 179 Å². The van der Waals surface area contributed by atoms with Crippen molar-refractivity contribution in [2.45, 2.75) is 62.9 Å². The van der Waals surface area contributed by atoms with E-state index in [0.717, 1.165) is 4.88 Å². The Morgan fingerprint density at radius 2 is 2.07 bits per heavy atom. The van der Waals surface area contributed by atoms with Crippen molar-refractivity contribution in [2.75, 3.05) is 19.8 Å². The lowest BCUT2D eigenvalue weighted by atomic mass is 10.0. The monoisotopic (exact) mass is 440 g/mol. The lowest BCUT2D eigenvalue weighted by molar-refractivity contribution is -0.169. The number of thiophene rings is 1. The highest BCUT2D eigenvalue weighted by Gasteiger charge is 2.40. The molecule has 166 valence electrons. The van der Waals surface area contributed by atoms with Gasteiger partial charge in [0.05, 0.1) is 24.1 Å². The molecule has 0 radical (unpaired) electrons. The van der Waals surface area contributed by atoms with E-state index in [-0.39, 0.29) is 12.3 Å². The minimum Gasteiger partial charge on any atom is -0.480 e. The average molecular weight is 441 g/mol. The number of hydrogen-bond donors (Lipinski definition) is 3. The minimum absolute atomic E-state index is 0.287. The number of carbonyl (C=O) groups is 3. The molecule has 0 bridgehead atoms. The second kappa shape index (κ2) is 9.86. The van der Waals surface area contributed by atoms with Gasteiger partial charge in [-0.1, -0.05) is 6.07 Å². The van der Waals surface area contributed by atoms with Crippen LogP contribution in [0.3, 0.4) is 0 Å². The Balaban J connectivity index is 1.56. The van der Waals surface area contributed by atoms with Crippen LogP contribution in [-0.4, -0.2) is 70.8 Å². The smallest absolute Gasteiger partial charge is 0.326 e. The first-order chi connectivity index (χ1) is 14.3. The Hall–Kier alpha value is -2.01.